The molecule has 2 N–H and O–H groups in total. The van der Waals surface area contributed by atoms with Crippen LogP contribution in [0.25, 0.3) is 0 Å². The van der Waals surface area contributed by atoms with Crippen molar-refractivity contribution in [3.8, 4) is 11.5 Å². The third kappa shape index (κ3) is 4.27. The van der Waals surface area contributed by atoms with Crippen LogP contribution in [-0.2, 0) is 6.42 Å². The van der Waals surface area contributed by atoms with E-state index in [1.807, 2.05) is 36.4 Å². The lowest BCUT2D eigenvalue weighted by Crippen LogP contribution is -2.21. The van der Waals surface area contributed by atoms with Crippen LogP contribution in [0.1, 0.15) is 18.9 Å². The molecule has 0 saturated heterocycles. The van der Waals surface area contributed by atoms with E-state index in [2.05, 4.69) is 13.0 Å². The molecular weight excluding hydrogens is 258 g/mol. The second-order valence-corrected chi connectivity index (χ2v) is 5.02. The van der Waals surface area contributed by atoms with Crippen LogP contribution in [0.3, 0.4) is 0 Å². The van der Waals surface area contributed by atoms with Gasteiger partial charge in [0.2, 0.25) is 0 Å². The molecule has 0 amide bonds. The summed E-state index contributed by atoms with van der Waals surface area (Å²) in [4.78, 5) is 0. The fraction of sp³-hybridized carbons (Fsp3) is 0.250. The molecule has 0 aromatic heterocycles. The Morgan fingerprint density at radius 2 is 1.79 bits per heavy atom. The van der Waals surface area contributed by atoms with E-state index < -0.39 is 0 Å². The largest absolute Gasteiger partial charge is 0.457 e. The summed E-state index contributed by atoms with van der Waals surface area (Å²) in [6.45, 7) is 2.09. The van der Waals surface area contributed by atoms with Crippen molar-refractivity contribution in [3.63, 3.8) is 0 Å². The quantitative estimate of drug-likeness (QED) is 0.877. The number of rotatable bonds is 5. The SMILES string of the molecule is CCC(N)Cc1cccc(Oc2cccc(Cl)c2)c1. The maximum atomic E-state index is 5.97. The Balaban J connectivity index is 2.10. The molecule has 2 rings (SSSR count). The van der Waals surface area contributed by atoms with Crippen molar-refractivity contribution < 1.29 is 4.74 Å². The average Bonchev–Trinajstić information content (AvgIpc) is 2.39. The Hall–Kier alpha value is -1.51. The molecule has 0 aliphatic carbocycles. The van der Waals surface area contributed by atoms with Gasteiger partial charge >= 0.3 is 0 Å². The minimum Gasteiger partial charge on any atom is -0.457 e. The second-order valence-electron chi connectivity index (χ2n) is 4.58. The summed E-state index contributed by atoms with van der Waals surface area (Å²) in [5, 5.41) is 0.668. The molecule has 2 aromatic rings. The maximum absolute atomic E-state index is 5.97. The van der Waals surface area contributed by atoms with Crippen LogP contribution in [0, 0.1) is 0 Å². The highest BCUT2D eigenvalue weighted by atomic mass is 35.5. The molecule has 0 radical (unpaired) electrons. The van der Waals surface area contributed by atoms with Gasteiger partial charge < -0.3 is 10.5 Å². The molecule has 0 bridgehead atoms. The highest BCUT2D eigenvalue weighted by molar-refractivity contribution is 6.30. The predicted octanol–water partition coefficient (Wildman–Crippen LogP) is 4.41. The van der Waals surface area contributed by atoms with Crippen molar-refractivity contribution >= 4 is 11.6 Å². The zero-order valence-corrected chi connectivity index (χ0v) is 11.7. The topological polar surface area (TPSA) is 35.2 Å². The number of benzene rings is 2. The van der Waals surface area contributed by atoms with Crippen LogP contribution in [0.4, 0.5) is 0 Å². The number of nitrogens with two attached hydrogens (primary N) is 1. The Morgan fingerprint density at radius 1 is 1.11 bits per heavy atom. The van der Waals surface area contributed by atoms with Gasteiger partial charge in [-0.1, -0.05) is 36.7 Å². The van der Waals surface area contributed by atoms with Gasteiger partial charge in [-0.15, -0.1) is 0 Å². The molecule has 3 heteroatoms. The van der Waals surface area contributed by atoms with Gasteiger partial charge in [-0.05, 0) is 48.7 Å². The molecule has 1 unspecified atom stereocenters. The van der Waals surface area contributed by atoms with Gasteiger partial charge in [0, 0.05) is 11.1 Å². The summed E-state index contributed by atoms with van der Waals surface area (Å²) in [7, 11) is 0. The molecule has 19 heavy (non-hydrogen) atoms. The summed E-state index contributed by atoms with van der Waals surface area (Å²) in [5.74, 6) is 1.55. The zero-order chi connectivity index (χ0) is 13.7. The Kier molecular flexibility index (Phi) is 4.83. The summed E-state index contributed by atoms with van der Waals surface area (Å²) >= 11 is 5.93. The lowest BCUT2D eigenvalue weighted by molar-refractivity contribution is 0.481. The van der Waals surface area contributed by atoms with Crippen LogP contribution in [0.2, 0.25) is 5.02 Å². The minimum atomic E-state index is 0.196. The molecule has 0 spiro atoms. The summed E-state index contributed by atoms with van der Waals surface area (Å²) in [6.07, 6.45) is 1.84. The van der Waals surface area contributed by atoms with E-state index in [0.29, 0.717) is 5.02 Å². The van der Waals surface area contributed by atoms with E-state index in [1.165, 1.54) is 5.56 Å². The van der Waals surface area contributed by atoms with E-state index in [-0.39, 0.29) is 6.04 Å². The van der Waals surface area contributed by atoms with Crippen molar-refractivity contribution in [2.75, 3.05) is 0 Å². The normalized spacial score (nSPS) is 12.2. The van der Waals surface area contributed by atoms with Gasteiger partial charge in [-0.2, -0.15) is 0 Å². The Morgan fingerprint density at radius 3 is 2.47 bits per heavy atom. The van der Waals surface area contributed by atoms with Crippen LogP contribution < -0.4 is 10.5 Å². The van der Waals surface area contributed by atoms with Crippen LogP contribution >= 0.6 is 11.6 Å². The van der Waals surface area contributed by atoms with Gasteiger partial charge in [0.25, 0.3) is 0 Å². The number of halogens is 1. The van der Waals surface area contributed by atoms with Crippen molar-refractivity contribution in [3.05, 3.63) is 59.1 Å². The summed E-state index contributed by atoms with van der Waals surface area (Å²) < 4.78 is 5.79. The average molecular weight is 276 g/mol. The number of ether oxygens (including phenoxy) is 1. The van der Waals surface area contributed by atoms with Crippen LogP contribution in [-0.4, -0.2) is 6.04 Å². The van der Waals surface area contributed by atoms with Gasteiger partial charge in [0.15, 0.2) is 0 Å². The fourth-order valence-corrected chi connectivity index (χ4v) is 2.03. The minimum absolute atomic E-state index is 0.196. The second kappa shape index (κ2) is 6.60. The van der Waals surface area contributed by atoms with E-state index in [0.717, 1.165) is 24.3 Å². The molecule has 0 saturated carbocycles. The van der Waals surface area contributed by atoms with Gasteiger partial charge in [0.1, 0.15) is 11.5 Å². The highest BCUT2D eigenvalue weighted by Crippen LogP contribution is 2.25. The molecule has 1 atom stereocenters. The van der Waals surface area contributed by atoms with E-state index in [1.54, 1.807) is 6.07 Å². The lowest BCUT2D eigenvalue weighted by atomic mass is 10.0. The predicted molar refractivity (Wildman–Crippen MR) is 79.9 cm³/mol. The Labute approximate surface area is 119 Å². The lowest BCUT2D eigenvalue weighted by Gasteiger charge is -2.11. The third-order valence-electron chi connectivity index (χ3n) is 2.95. The first-order chi connectivity index (χ1) is 9.17. The molecule has 0 aliphatic heterocycles. The highest BCUT2D eigenvalue weighted by Gasteiger charge is 2.04. The zero-order valence-electron chi connectivity index (χ0n) is 11.0. The van der Waals surface area contributed by atoms with E-state index >= 15 is 0 Å². The first-order valence-electron chi connectivity index (χ1n) is 6.45. The van der Waals surface area contributed by atoms with Gasteiger partial charge in [-0.25, -0.2) is 0 Å². The number of hydrogen-bond donors (Lipinski definition) is 1. The van der Waals surface area contributed by atoms with E-state index in [4.69, 9.17) is 22.1 Å². The smallest absolute Gasteiger partial charge is 0.128 e. The molecule has 0 heterocycles. The first-order valence-corrected chi connectivity index (χ1v) is 6.83. The first kappa shape index (κ1) is 13.9. The molecule has 2 nitrogen and oxygen atoms in total. The fourth-order valence-electron chi connectivity index (χ4n) is 1.85. The molecular formula is C16H18ClNO. The molecule has 2 aromatic carbocycles. The van der Waals surface area contributed by atoms with Crippen molar-refractivity contribution in [1.29, 1.82) is 0 Å². The molecule has 0 fully saturated rings. The number of hydrogen-bond acceptors (Lipinski definition) is 2. The van der Waals surface area contributed by atoms with Crippen LogP contribution in [0.5, 0.6) is 11.5 Å². The monoisotopic (exact) mass is 275 g/mol. The standard InChI is InChI=1S/C16H18ClNO/c1-2-14(18)9-12-5-3-7-15(10-12)19-16-8-4-6-13(17)11-16/h3-8,10-11,14H,2,9,18H2,1H3. The Bertz CT molecular complexity index is 542. The molecule has 100 valence electrons. The van der Waals surface area contributed by atoms with Gasteiger partial charge in [-0.3, -0.25) is 0 Å². The third-order valence-corrected chi connectivity index (χ3v) is 3.19. The van der Waals surface area contributed by atoms with Gasteiger partial charge in [0.05, 0.1) is 0 Å². The summed E-state index contributed by atoms with van der Waals surface area (Å²) in [5.41, 5.74) is 7.16. The molecule has 0 aliphatic rings. The van der Waals surface area contributed by atoms with Crippen LogP contribution in [0.15, 0.2) is 48.5 Å². The summed E-state index contributed by atoms with van der Waals surface area (Å²) in [6, 6.07) is 15.6. The van der Waals surface area contributed by atoms with Crippen molar-refractivity contribution in [2.45, 2.75) is 25.8 Å². The van der Waals surface area contributed by atoms with Crippen molar-refractivity contribution in [1.82, 2.24) is 0 Å². The van der Waals surface area contributed by atoms with E-state index in [9.17, 15) is 0 Å². The maximum Gasteiger partial charge on any atom is 0.128 e. The van der Waals surface area contributed by atoms with Crippen molar-refractivity contribution in [2.24, 2.45) is 5.73 Å².